The SMILES string of the molecule is CCNCc1coc(-n2cncn2)n1. The van der Waals surface area contributed by atoms with Gasteiger partial charge in [0.25, 0.3) is 0 Å². The Labute approximate surface area is 81.0 Å². The van der Waals surface area contributed by atoms with Crippen molar-refractivity contribution >= 4 is 0 Å². The largest absolute Gasteiger partial charge is 0.430 e. The van der Waals surface area contributed by atoms with Gasteiger partial charge in [0, 0.05) is 6.54 Å². The Hall–Kier alpha value is -1.69. The van der Waals surface area contributed by atoms with Gasteiger partial charge in [-0.3, -0.25) is 0 Å². The second-order valence-electron chi connectivity index (χ2n) is 2.74. The topological polar surface area (TPSA) is 68.8 Å². The van der Waals surface area contributed by atoms with Crippen molar-refractivity contribution in [3.05, 3.63) is 24.6 Å². The van der Waals surface area contributed by atoms with Crippen LogP contribution in [0.5, 0.6) is 0 Å². The number of nitrogens with one attached hydrogen (secondary N) is 1. The molecule has 14 heavy (non-hydrogen) atoms. The van der Waals surface area contributed by atoms with Crippen molar-refractivity contribution in [1.82, 2.24) is 25.1 Å². The number of aromatic nitrogens is 4. The molecular formula is C8H11N5O. The molecule has 0 aromatic carbocycles. The highest BCUT2D eigenvalue weighted by Crippen LogP contribution is 2.05. The average Bonchev–Trinajstić information content (AvgIpc) is 2.85. The minimum absolute atomic E-state index is 0.440. The zero-order valence-corrected chi connectivity index (χ0v) is 7.84. The van der Waals surface area contributed by atoms with E-state index in [4.69, 9.17) is 4.42 Å². The first-order valence-corrected chi connectivity index (χ1v) is 4.40. The van der Waals surface area contributed by atoms with Gasteiger partial charge in [-0.05, 0) is 6.54 Å². The van der Waals surface area contributed by atoms with E-state index in [1.54, 1.807) is 12.6 Å². The van der Waals surface area contributed by atoms with E-state index in [0.29, 0.717) is 12.6 Å². The van der Waals surface area contributed by atoms with E-state index in [1.165, 1.54) is 11.0 Å². The zero-order chi connectivity index (χ0) is 9.80. The zero-order valence-electron chi connectivity index (χ0n) is 7.84. The van der Waals surface area contributed by atoms with Crippen LogP contribution in [0.3, 0.4) is 0 Å². The van der Waals surface area contributed by atoms with E-state index < -0.39 is 0 Å². The highest BCUT2D eigenvalue weighted by atomic mass is 16.4. The summed E-state index contributed by atoms with van der Waals surface area (Å²) in [5.74, 6) is 0. The van der Waals surface area contributed by atoms with Crippen LogP contribution in [0.25, 0.3) is 6.01 Å². The third kappa shape index (κ3) is 1.80. The van der Waals surface area contributed by atoms with Gasteiger partial charge in [-0.25, -0.2) is 4.98 Å². The van der Waals surface area contributed by atoms with Gasteiger partial charge in [-0.2, -0.15) is 14.8 Å². The molecule has 0 aliphatic carbocycles. The molecule has 0 unspecified atom stereocenters. The molecule has 2 heterocycles. The number of rotatable bonds is 4. The molecule has 2 aromatic heterocycles. The lowest BCUT2D eigenvalue weighted by Gasteiger charge is -1.93. The van der Waals surface area contributed by atoms with Crippen LogP contribution in [-0.2, 0) is 6.54 Å². The van der Waals surface area contributed by atoms with E-state index in [0.717, 1.165) is 12.2 Å². The van der Waals surface area contributed by atoms with E-state index in [2.05, 4.69) is 20.4 Å². The lowest BCUT2D eigenvalue weighted by Crippen LogP contribution is -2.12. The standard InChI is InChI=1S/C8H11N5O/c1-2-9-3-7-4-14-8(12-7)13-6-10-5-11-13/h4-6,9H,2-3H2,1H3. The van der Waals surface area contributed by atoms with Crippen molar-refractivity contribution in [2.75, 3.05) is 6.54 Å². The van der Waals surface area contributed by atoms with Crippen LogP contribution in [0.2, 0.25) is 0 Å². The van der Waals surface area contributed by atoms with E-state index in [9.17, 15) is 0 Å². The number of nitrogens with zero attached hydrogens (tertiary/aromatic N) is 4. The molecule has 2 rings (SSSR count). The molecule has 0 amide bonds. The molecule has 6 nitrogen and oxygen atoms in total. The van der Waals surface area contributed by atoms with E-state index in [1.807, 2.05) is 6.92 Å². The fourth-order valence-corrected chi connectivity index (χ4v) is 1.04. The monoisotopic (exact) mass is 193 g/mol. The maximum absolute atomic E-state index is 5.22. The predicted molar refractivity (Wildman–Crippen MR) is 48.8 cm³/mol. The van der Waals surface area contributed by atoms with Crippen LogP contribution < -0.4 is 5.32 Å². The Morgan fingerprint density at radius 3 is 3.21 bits per heavy atom. The van der Waals surface area contributed by atoms with E-state index in [-0.39, 0.29) is 0 Å². The van der Waals surface area contributed by atoms with Crippen LogP contribution >= 0.6 is 0 Å². The molecule has 0 saturated carbocycles. The normalized spacial score (nSPS) is 10.6. The Morgan fingerprint density at radius 1 is 1.57 bits per heavy atom. The Morgan fingerprint density at radius 2 is 2.50 bits per heavy atom. The van der Waals surface area contributed by atoms with Gasteiger partial charge in [0.2, 0.25) is 0 Å². The molecule has 74 valence electrons. The Balaban J connectivity index is 2.10. The molecule has 0 radical (unpaired) electrons. The fourth-order valence-electron chi connectivity index (χ4n) is 1.04. The average molecular weight is 193 g/mol. The first-order valence-electron chi connectivity index (χ1n) is 4.40. The van der Waals surface area contributed by atoms with Gasteiger partial charge in [0.1, 0.15) is 18.9 Å². The summed E-state index contributed by atoms with van der Waals surface area (Å²) in [6.07, 6.45) is 4.59. The lowest BCUT2D eigenvalue weighted by atomic mass is 10.5. The van der Waals surface area contributed by atoms with Gasteiger partial charge in [0.15, 0.2) is 0 Å². The molecule has 0 fully saturated rings. The molecule has 0 spiro atoms. The minimum Gasteiger partial charge on any atom is -0.430 e. The number of oxazole rings is 1. The summed E-state index contributed by atoms with van der Waals surface area (Å²) in [5, 5.41) is 7.06. The summed E-state index contributed by atoms with van der Waals surface area (Å²) in [6, 6.07) is 0.440. The third-order valence-corrected chi connectivity index (χ3v) is 1.71. The van der Waals surface area contributed by atoms with Gasteiger partial charge in [-0.15, -0.1) is 0 Å². The van der Waals surface area contributed by atoms with Crippen LogP contribution in [-0.4, -0.2) is 26.3 Å². The summed E-state index contributed by atoms with van der Waals surface area (Å²) < 4.78 is 6.70. The molecule has 2 aromatic rings. The second kappa shape index (κ2) is 4.01. The van der Waals surface area contributed by atoms with Crippen molar-refractivity contribution in [3.63, 3.8) is 0 Å². The number of hydrogen-bond acceptors (Lipinski definition) is 5. The molecule has 0 saturated heterocycles. The Kier molecular flexibility index (Phi) is 2.55. The van der Waals surface area contributed by atoms with Gasteiger partial charge in [0.05, 0.1) is 5.69 Å². The van der Waals surface area contributed by atoms with Crippen LogP contribution in [0, 0.1) is 0 Å². The van der Waals surface area contributed by atoms with Crippen molar-refractivity contribution in [1.29, 1.82) is 0 Å². The maximum Gasteiger partial charge on any atom is 0.324 e. The molecular weight excluding hydrogens is 182 g/mol. The van der Waals surface area contributed by atoms with Gasteiger partial charge in [-0.1, -0.05) is 6.92 Å². The van der Waals surface area contributed by atoms with Crippen molar-refractivity contribution in [2.24, 2.45) is 0 Å². The van der Waals surface area contributed by atoms with Crippen molar-refractivity contribution in [3.8, 4) is 6.01 Å². The van der Waals surface area contributed by atoms with Crippen LogP contribution in [0.15, 0.2) is 23.3 Å². The summed E-state index contributed by atoms with van der Waals surface area (Å²) in [7, 11) is 0. The summed E-state index contributed by atoms with van der Waals surface area (Å²) in [4.78, 5) is 8.03. The van der Waals surface area contributed by atoms with Crippen LogP contribution in [0.4, 0.5) is 0 Å². The van der Waals surface area contributed by atoms with Gasteiger partial charge < -0.3 is 9.73 Å². The Bertz CT molecular complexity index is 380. The lowest BCUT2D eigenvalue weighted by molar-refractivity contribution is 0.508. The summed E-state index contributed by atoms with van der Waals surface area (Å²) in [5.41, 5.74) is 0.859. The predicted octanol–water partition coefficient (Wildman–Crippen LogP) is 0.365. The molecule has 0 bridgehead atoms. The van der Waals surface area contributed by atoms with Crippen LogP contribution in [0.1, 0.15) is 12.6 Å². The van der Waals surface area contributed by atoms with E-state index >= 15 is 0 Å². The maximum atomic E-state index is 5.22. The molecule has 6 heteroatoms. The minimum atomic E-state index is 0.440. The number of hydrogen-bond donors (Lipinski definition) is 1. The highest BCUT2D eigenvalue weighted by Gasteiger charge is 2.05. The van der Waals surface area contributed by atoms with Gasteiger partial charge >= 0.3 is 6.01 Å². The molecule has 0 aliphatic rings. The molecule has 0 aliphatic heterocycles. The summed E-state index contributed by atoms with van der Waals surface area (Å²) in [6.45, 7) is 3.65. The van der Waals surface area contributed by atoms with Crippen molar-refractivity contribution < 1.29 is 4.42 Å². The third-order valence-electron chi connectivity index (χ3n) is 1.71. The van der Waals surface area contributed by atoms with Crippen molar-refractivity contribution in [2.45, 2.75) is 13.5 Å². The smallest absolute Gasteiger partial charge is 0.324 e. The highest BCUT2D eigenvalue weighted by molar-refractivity contribution is 5.06. The molecule has 0 atom stereocenters. The second-order valence-corrected chi connectivity index (χ2v) is 2.74. The quantitative estimate of drug-likeness (QED) is 0.759. The molecule has 1 N–H and O–H groups in total. The first kappa shape index (κ1) is 8.89. The summed E-state index contributed by atoms with van der Waals surface area (Å²) >= 11 is 0. The first-order chi connectivity index (χ1) is 6.90. The fraction of sp³-hybridized carbons (Fsp3) is 0.375.